The van der Waals surface area contributed by atoms with Crippen molar-refractivity contribution >= 4 is 17.8 Å². The van der Waals surface area contributed by atoms with E-state index in [1.165, 1.54) is 0 Å². The van der Waals surface area contributed by atoms with Crippen molar-refractivity contribution in [2.75, 3.05) is 6.07 Å². The predicted molar refractivity (Wildman–Crippen MR) is 30.6 cm³/mol. The number of nitrogens with zero attached hydrogens (tertiary/aromatic N) is 1. The van der Waals surface area contributed by atoms with Gasteiger partial charge >= 0.3 is 0 Å². The number of hydrogen-bond acceptors (Lipinski definition) is 2. The lowest BCUT2D eigenvalue weighted by Gasteiger charge is -1.84. The summed E-state index contributed by atoms with van der Waals surface area (Å²) in [6.45, 7) is 1.97. The van der Waals surface area contributed by atoms with E-state index in [2.05, 4.69) is 9.99 Å². The van der Waals surface area contributed by atoms with Gasteiger partial charge in [0.2, 0.25) is 0 Å². The fraction of sp³-hybridized carbons (Fsp3) is 0.750. The molecule has 0 aliphatic rings. The van der Waals surface area contributed by atoms with Crippen LogP contribution in [-0.4, -0.2) is 12.3 Å². The van der Waals surface area contributed by atoms with Crippen molar-refractivity contribution in [3.8, 4) is 0 Å². The van der Waals surface area contributed by atoms with E-state index in [-0.39, 0.29) is 6.07 Å². The first-order valence-corrected chi connectivity index (χ1v) is 2.65. The van der Waals surface area contributed by atoms with Gasteiger partial charge < -0.3 is 4.84 Å². The lowest BCUT2D eigenvalue weighted by atomic mass is 10.6. The van der Waals surface area contributed by atoms with E-state index in [4.69, 9.17) is 11.6 Å². The molecule has 0 bridgehead atoms. The van der Waals surface area contributed by atoms with Gasteiger partial charge in [-0.05, 0) is 6.42 Å². The van der Waals surface area contributed by atoms with Crippen molar-refractivity contribution in [1.82, 2.24) is 0 Å². The molecule has 0 unspecified atom stereocenters. The zero-order valence-corrected chi connectivity index (χ0v) is 4.98. The van der Waals surface area contributed by atoms with Crippen molar-refractivity contribution < 1.29 is 4.84 Å². The fourth-order valence-corrected chi connectivity index (χ4v) is 0.212. The Kier molecular flexibility index (Phi) is 5.56. The molecule has 0 rings (SSSR count). The Bertz CT molecular complexity index is 55.7. The molecule has 0 aliphatic heterocycles. The molecular formula is C4H8ClNO. The maximum Gasteiger partial charge on any atom is 0.190 e. The van der Waals surface area contributed by atoms with E-state index in [1.807, 2.05) is 6.92 Å². The molecule has 0 spiro atoms. The molecule has 0 saturated heterocycles. The smallest absolute Gasteiger partial charge is 0.190 e. The monoisotopic (exact) mass is 121 g/mol. The normalized spacial score (nSPS) is 10.0. The maximum absolute atomic E-state index is 5.10. The minimum absolute atomic E-state index is 0.135. The van der Waals surface area contributed by atoms with Gasteiger partial charge in [0.25, 0.3) is 0 Å². The highest BCUT2D eigenvalue weighted by Gasteiger charge is 1.67. The van der Waals surface area contributed by atoms with Gasteiger partial charge in [0.05, 0.1) is 0 Å². The van der Waals surface area contributed by atoms with Crippen LogP contribution in [0.25, 0.3) is 0 Å². The summed E-state index contributed by atoms with van der Waals surface area (Å²) in [6.07, 6.45) is 2.54. The quantitative estimate of drug-likeness (QED) is 0.316. The van der Waals surface area contributed by atoms with Crippen LogP contribution in [0.2, 0.25) is 0 Å². The van der Waals surface area contributed by atoms with Crippen molar-refractivity contribution in [2.24, 2.45) is 5.16 Å². The van der Waals surface area contributed by atoms with E-state index < -0.39 is 0 Å². The molecule has 0 saturated carbocycles. The summed E-state index contributed by atoms with van der Waals surface area (Å²) in [5.41, 5.74) is 0. The SMILES string of the molecule is CCC=NOCCl. The minimum Gasteiger partial charge on any atom is -0.380 e. The summed E-state index contributed by atoms with van der Waals surface area (Å²) in [5, 5.41) is 3.45. The third-order valence-electron chi connectivity index (χ3n) is 0.380. The van der Waals surface area contributed by atoms with Crippen molar-refractivity contribution in [2.45, 2.75) is 13.3 Å². The Balaban J connectivity index is 2.78. The van der Waals surface area contributed by atoms with Crippen molar-refractivity contribution in [1.29, 1.82) is 0 Å². The molecule has 0 aromatic rings. The van der Waals surface area contributed by atoms with Crippen molar-refractivity contribution in [3.63, 3.8) is 0 Å². The highest BCUT2D eigenvalue weighted by molar-refractivity contribution is 6.17. The summed E-state index contributed by atoms with van der Waals surface area (Å²) in [5.74, 6) is 0. The summed E-state index contributed by atoms with van der Waals surface area (Å²) < 4.78 is 0. The minimum atomic E-state index is 0.135. The van der Waals surface area contributed by atoms with Gasteiger partial charge in [-0.2, -0.15) is 0 Å². The molecule has 0 amide bonds. The molecule has 3 heteroatoms. The number of alkyl halides is 1. The molecule has 0 atom stereocenters. The topological polar surface area (TPSA) is 21.6 Å². The second-order valence-electron chi connectivity index (χ2n) is 0.934. The van der Waals surface area contributed by atoms with Gasteiger partial charge in [-0.1, -0.05) is 23.7 Å². The predicted octanol–water partition coefficient (Wildman–Crippen LogP) is 1.60. The van der Waals surface area contributed by atoms with Gasteiger partial charge in [-0.25, -0.2) is 0 Å². The first-order valence-electron chi connectivity index (χ1n) is 2.11. The molecule has 2 nitrogen and oxygen atoms in total. The summed E-state index contributed by atoms with van der Waals surface area (Å²) in [4.78, 5) is 4.41. The Morgan fingerprint density at radius 2 is 2.57 bits per heavy atom. The molecule has 42 valence electrons. The van der Waals surface area contributed by atoms with Gasteiger partial charge in [0.15, 0.2) is 6.07 Å². The van der Waals surface area contributed by atoms with E-state index in [0.29, 0.717) is 0 Å². The van der Waals surface area contributed by atoms with Crippen LogP contribution in [0.1, 0.15) is 13.3 Å². The summed E-state index contributed by atoms with van der Waals surface area (Å²) in [6, 6.07) is 0.135. The van der Waals surface area contributed by atoms with Crippen molar-refractivity contribution in [3.05, 3.63) is 0 Å². The van der Waals surface area contributed by atoms with E-state index >= 15 is 0 Å². The van der Waals surface area contributed by atoms with Gasteiger partial charge in [0, 0.05) is 6.21 Å². The zero-order chi connectivity index (χ0) is 5.54. The molecule has 0 aromatic heterocycles. The first kappa shape index (κ1) is 6.76. The molecule has 0 aliphatic carbocycles. The number of halogens is 1. The standard InChI is InChI=1S/C4H8ClNO/c1-2-3-6-7-4-5/h3H,2,4H2,1H3. The van der Waals surface area contributed by atoms with E-state index in [9.17, 15) is 0 Å². The molecule has 0 aromatic carbocycles. The third kappa shape index (κ3) is 5.76. The van der Waals surface area contributed by atoms with Crippen LogP contribution < -0.4 is 0 Å². The Hall–Kier alpha value is -0.240. The van der Waals surface area contributed by atoms with Crippen LogP contribution in [-0.2, 0) is 4.84 Å². The molecule has 0 N–H and O–H groups in total. The van der Waals surface area contributed by atoms with Gasteiger partial charge in [-0.3, -0.25) is 0 Å². The van der Waals surface area contributed by atoms with Crippen LogP contribution in [0.3, 0.4) is 0 Å². The van der Waals surface area contributed by atoms with Gasteiger partial charge in [-0.15, -0.1) is 0 Å². The van der Waals surface area contributed by atoms with Crippen LogP contribution in [0, 0.1) is 0 Å². The average Bonchev–Trinajstić information content (AvgIpc) is 1.69. The second-order valence-corrected chi connectivity index (χ2v) is 1.15. The third-order valence-corrected chi connectivity index (χ3v) is 0.478. The Morgan fingerprint density at radius 3 is 3.00 bits per heavy atom. The number of oxime groups is 1. The van der Waals surface area contributed by atoms with Crippen LogP contribution in [0.15, 0.2) is 5.16 Å². The average molecular weight is 122 g/mol. The first-order chi connectivity index (χ1) is 3.41. The maximum atomic E-state index is 5.10. The van der Waals surface area contributed by atoms with E-state index in [1.54, 1.807) is 6.21 Å². The summed E-state index contributed by atoms with van der Waals surface area (Å²) >= 11 is 5.10. The summed E-state index contributed by atoms with van der Waals surface area (Å²) in [7, 11) is 0. The molecule has 7 heavy (non-hydrogen) atoms. The highest BCUT2D eigenvalue weighted by atomic mass is 35.5. The van der Waals surface area contributed by atoms with E-state index in [0.717, 1.165) is 6.42 Å². The van der Waals surface area contributed by atoms with Crippen LogP contribution >= 0.6 is 11.6 Å². The van der Waals surface area contributed by atoms with Crippen LogP contribution in [0.4, 0.5) is 0 Å². The molecular weight excluding hydrogens is 114 g/mol. The Morgan fingerprint density at radius 1 is 1.86 bits per heavy atom. The lowest BCUT2D eigenvalue weighted by Crippen LogP contribution is -1.75. The molecule has 0 radical (unpaired) electrons. The largest absolute Gasteiger partial charge is 0.380 e. The second kappa shape index (κ2) is 5.76. The highest BCUT2D eigenvalue weighted by Crippen LogP contribution is 1.78. The zero-order valence-electron chi connectivity index (χ0n) is 4.22. The Labute approximate surface area is 48.1 Å². The molecule has 0 fully saturated rings. The van der Waals surface area contributed by atoms with Gasteiger partial charge in [0.1, 0.15) is 0 Å². The number of hydrogen-bond donors (Lipinski definition) is 0. The fourth-order valence-electron chi connectivity index (χ4n) is 0.155. The van der Waals surface area contributed by atoms with Crippen LogP contribution in [0.5, 0.6) is 0 Å². The molecule has 0 heterocycles. The number of rotatable bonds is 3. The lowest BCUT2D eigenvalue weighted by molar-refractivity contribution is 0.194.